The number of alkyl halides is 3. The predicted molar refractivity (Wildman–Crippen MR) is 76.2 cm³/mol. The predicted octanol–water partition coefficient (Wildman–Crippen LogP) is 3.86. The molecule has 21 heavy (non-hydrogen) atoms. The molecule has 1 aliphatic rings. The number of halogens is 3. The monoisotopic (exact) mass is 303 g/mol. The fraction of sp³-hybridized carbons (Fsp3) is 0.800. The van der Waals surface area contributed by atoms with Crippen molar-refractivity contribution in [2.45, 2.75) is 69.6 Å². The van der Waals surface area contributed by atoms with E-state index >= 15 is 0 Å². The van der Waals surface area contributed by atoms with E-state index in [0.29, 0.717) is 12.5 Å². The number of hydrogen-bond donors (Lipinski definition) is 1. The van der Waals surface area contributed by atoms with Gasteiger partial charge >= 0.3 is 6.18 Å². The fourth-order valence-corrected chi connectivity index (χ4v) is 2.97. The van der Waals surface area contributed by atoms with Crippen LogP contribution >= 0.6 is 0 Å². The third-order valence-corrected chi connectivity index (χ3v) is 4.25. The molecule has 0 spiro atoms. The number of likely N-dealkylation sites (N-methyl/N-ethyl adjacent to an activating group) is 1. The van der Waals surface area contributed by atoms with Crippen molar-refractivity contribution >= 4 is 0 Å². The molecule has 0 aromatic carbocycles. The zero-order valence-electron chi connectivity index (χ0n) is 12.5. The molecule has 6 heteroatoms. The minimum atomic E-state index is -4.09. The van der Waals surface area contributed by atoms with Crippen LogP contribution in [-0.4, -0.2) is 29.0 Å². The molecule has 120 valence electrons. The van der Waals surface area contributed by atoms with E-state index in [1.165, 1.54) is 19.3 Å². The van der Waals surface area contributed by atoms with Gasteiger partial charge < -0.3 is 5.32 Å². The van der Waals surface area contributed by atoms with Crippen LogP contribution in [0.5, 0.6) is 0 Å². The maximum Gasteiger partial charge on any atom is 0.389 e. The second-order valence-electron chi connectivity index (χ2n) is 5.92. The van der Waals surface area contributed by atoms with Crippen molar-refractivity contribution < 1.29 is 13.2 Å². The molecule has 0 amide bonds. The lowest BCUT2D eigenvalue weighted by Crippen LogP contribution is -2.29. The van der Waals surface area contributed by atoms with Gasteiger partial charge in [-0.2, -0.15) is 18.3 Å². The molecule has 1 aromatic heterocycles. The van der Waals surface area contributed by atoms with Gasteiger partial charge in [0.25, 0.3) is 0 Å². The second kappa shape index (κ2) is 7.29. The average molecular weight is 303 g/mol. The molecule has 1 aliphatic carbocycles. The van der Waals surface area contributed by atoms with Crippen LogP contribution in [0.15, 0.2) is 12.3 Å². The Kier molecular flexibility index (Phi) is 5.67. The van der Waals surface area contributed by atoms with Gasteiger partial charge in [-0.25, -0.2) is 0 Å². The van der Waals surface area contributed by atoms with Crippen LogP contribution in [0.3, 0.4) is 0 Å². The molecule has 1 unspecified atom stereocenters. The van der Waals surface area contributed by atoms with Crippen LogP contribution in [-0.2, 0) is 6.42 Å². The summed E-state index contributed by atoms with van der Waals surface area (Å²) in [5.74, 6) is 0. The molecule has 3 nitrogen and oxygen atoms in total. The van der Waals surface area contributed by atoms with Gasteiger partial charge in [-0.3, -0.25) is 4.68 Å². The van der Waals surface area contributed by atoms with E-state index < -0.39 is 12.6 Å². The SMILES string of the molecule is CNC(CCC(F)(F)F)Cc1ccn(C2CCCCC2)n1. The molecular weight excluding hydrogens is 279 g/mol. The van der Waals surface area contributed by atoms with Crippen molar-refractivity contribution in [3.63, 3.8) is 0 Å². The van der Waals surface area contributed by atoms with Gasteiger partial charge in [0.1, 0.15) is 0 Å². The Hall–Kier alpha value is -1.04. The maximum absolute atomic E-state index is 12.3. The highest BCUT2D eigenvalue weighted by molar-refractivity contribution is 5.02. The second-order valence-corrected chi connectivity index (χ2v) is 5.92. The summed E-state index contributed by atoms with van der Waals surface area (Å²) in [5, 5.41) is 7.52. The Morgan fingerprint density at radius 1 is 1.33 bits per heavy atom. The number of hydrogen-bond acceptors (Lipinski definition) is 2. The van der Waals surface area contributed by atoms with Crippen molar-refractivity contribution in [2.24, 2.45) is 0 Å². The smallest absolute Gasteiger partial charge is 0.317 e. The average Bonchev–Trinajstić information content (AvgIpc) is 2.92. The van der Waals surface area contributed by atoms with Crippen LogP contribution in [0.25, 0.3) is 0 Å². The molecule has 1 atom stereocenters. The molecule has 1 aromatic rings. The van der Waals surface area contributed by atoms with E-state index in [2.05, 4.69) is 10.4 Å². The van der Waals surface area contributed by atoms with E-state index in [1.54, 1.807) is 7.05 Å². The molecule has 2 rings (SSSR count). The van der Waals surface area contributed by atoms with E-state index in [4.69, 9.17) is 0 Å². The van der Waals surface area contributed by atoms with Gasteiger partial charge in [0.15, 0.2) is 0 Å². The van der Waals surface area contributed by atoms with Crippen LogP contribution in [0.4, 0.5) is 13.2 Å². The maximum atomic E-state index is 12.3. The minimum absolute atomic E-state index is 0.0935. The molecule has 1 N–H and O–H groups in total. The van der Waals surface area contributed by atoms with Crippen LogP contribution in [0.2, 0.25) is 0 Å². The zero-order valence-corrected chi connectivity index (χ0v) is 12.5. The highest BCUT2D eigenvalue weighted by atomic mass is 19.4. The van der Waals surface area contributed by atoms with Crippen molar-refractivity contribution in [2.75, 3.05) is 7.05 Å². The molecule has 0 saturated heterocycles. The van der Waals surface area contributed by atoms with Crippen molar-refractivity contribution in [3.05, 3.63) is 18.0 Å². The standard InChI is InChI=1S/C15H24F3N3/c1-19-12(7-9-15(16,17)18)11-13-8-10-21(20-13)14-5-3-2-4-6-14/h8,10,12,14,19H,2-7,9,11H2,1H3. The zero-order chi connectivity index (χ0) is 15.3. The Morgan fingerprint density at radius 3 is 2.67 bits per heavy atom. The highest BCUT2D eigenvalue weighted by Crippen LogP contribution is 2.28. The van der Waals surface area contributed by atoms with Crippen LogP contribution in [0, 0.1) is 0 Å². The van der Waals surface area contributed by atoms with Gasteiger partial charge in [0.2, 0.25) is 0 Å². The lowest BCUT2D eigenvalue weighted by Gasteiger charge is -2.22. The third kappa shape index (κ3) is 5.34. The fourth-order valence-electron chi connectivity index (χ4n) is 2.97. The largest absolute Gasteiger partial charge is 0.389 e. The van der Waals surface area contributed by atoms with E-state index in [9.17, 15) is 13.2 Å². The molecule has 1 fully saturated rings. The normalized spacial score (nSPS) is 18.9. The van der Waals surface area contributed by atoms with Gasteiger partial charge in [0, 0.05) is 25.1 Å². The number of aromatic nitrogens is 2. The van der Waals surface area contributed by atoms with Gasteiger partial charge in [-0.05, 0) is 32.4 Å². The summed E-state index contributed by atoms with van der Waals surface area (Å²) in [7, 11) is 1.71. The molecule has 0 radical (unpaired) electrons. The molecule has 1 saturated carbocycles. The van der Waals surface area contributed by atoms with Gasteiger partial charge in [0.05, 0.1) is 11.7 Å². The quantitative estimate of drug-likeness (QED) is 0.865. The first-order chi connectivity index (χ1) is 9.98. The minimum Gasteiger partial charge on any atom is -0.317 e. The Labute approximate surface area is 123 Å². The first kappa shape index (κ1) is 16.3. The van der Waals surface area contributed by atoms with E-state index in [-0.39, 0.29) is 12.5 Å². The summed E-state index contributed by atoms with van der Waals surface area (Å²) in [5.41, 5.74) is 0.877. The third-order valence-electron chi connectivity index (χ3n) is 4.25. The summed E-state index contributed by atoms with van der Waals surface area (Å²) in [6.45, 7) is 0. The Balaban J connectivity index is 1.87. The van der Waals surface area contributed by atoms with Crippen molar-refractivity contribution in [1.82, 2.24) is 15.1 Å². The molecular formula is C15H24F3N3. The van der Waals surface area contributed by atoms with E-state index in [1.807, 2.05) is 16.9 Å². The van der Waals surface area contributed by atoms with Gasteiger partial charge in [-0.1, -0.05) is 19.3 Å². The Morgan fingerprint density at radius 2 is 2.05 bits per heavy atom. The molecule has 1 heterocycles. The van der Waals surface area contributed by atoms with Crippen LogP contribution < -0.4 is 5.32 Å². The van der Waals surface area contributed by atoms with Crippen LogP contribution in [0.1, 0.15) is 56.7 Å². The highest BCUT2D eigenvalue weighted by Gasteiger charge is 2.28. The summed E-state index contributed by atoms with van der Waals surface area (Å²) < 4.78 is 38.9. The first-order valence-electron chi connectivity index (χ1n) is 7.76. The summed E-state index contributed by atoms with van der Waals surface area (Å²) >= 11 is 0. The number of nitrogens with zero attached hydrogens (tertiary/aromatic N) is 2. The number of rotatable bonds is 6. The van der Waals surface area contributed by atoms with Crippen molar-refractivity contribution in [1.29, 1.82) is 0 Å². The lowest BCUT2D eigenvalue weighted by molar-refractivity contribution is -0.136. The molecule has 0 aliphatic heterocycles. The van der Waals surface area contributed by atoms with E-state index in [0.717, 1.165) is 18.5 Å². The first-order valence-corrected chi connectivity index (χ1v) is 7.76. The summed E-state index contributed by atoms with van der Waals surface area (Å²) in [6.07, 6.45) is 3.87. The summed E-state index contributed by atoms with van der Waals surface area (Å²) in [4.78, 5) is 0. The summed E-state index contributed by atoms with van der Waals surface area (Å²) in [6, 6.07) is 2.23. The van der Waals surface area contributed by atoms with Crippen molar-refractivity contribution in [3.8, 4) is 0 Å². The topological polar surface area (TPSA) is 29.9 Å². The Bertz CT molecular complexity index is 422. The number of nitrogens with one attached hydrogen (secondary N) is 1. The van der Waals surface area contributed by atoms with Gasteiger partial charge in [-0.15, -0.1) is 0 Å². The molecule has 0 bridgehead atoms. The lowest BCUT2D eigenvalue weighted by atomic mass is 9.96.